The summed E-state index contributed by atoms with van der Waals surface area (Å²) in [6, 6.07) is 18.8. The number of hydrogen-bond donors (Lipinski definition) is 0. The zero-order valence-electron chi connectivity index (χ0n) is 16.6. The third kappa shape index (κ3) is 3.45. The van der Waals surface area contributed by atoms with E-state index in [9.17, 15) is 4.79 Å². The van der Waals surface area contributed by atoms with E-state index in [1.54, 1.807) is 4.57 Å². The predicted octanol–water partition coefficient (Wildman–Crippen LogP) is 4.86. The van der Waals surface area contributed by atoms with Gasteiger partial charge in [-0.1, -0.05) is 53.3 Å². The Hall–Kier alpha value is -2.92. The Balaban J connectivity index is 1.85. The molecular weight excluding hydrogens is 366 g/mol. The SMILES string of the molecule is Cc1cccc(Cn2c(=O)sc3c(-c4ccc(N(C)C)cc4)cc(C)nc32)c1. The number of fused-ring (bicyclic) bond motifs is 1. The molecule has 4 aromatic rings. The van der Waals surface area contributed by atoms with Gasteiger partial charge in [0.1, 0.15) is 0 Å². The van der Waals surface area contributed by atoms with Crippen molar-refractivity contribution in [3.63, 3.8) is 0 Å². The minimum Gasteiger partial charge on any atom is -0.378 e. The topological polar surface area (TPSA) is 38.1 Å². The molecule has 0 saturated carbocycles. The Labute approximate surface area is 168 Å². The Morgan fingerprint density at radius 1 is 1.04 bits per heavy atom. The number of nitrogens with zero attached hydrogens (tertiary/aromatic N) is 3. The number of aryl methyl sites for hydroxylation is 2. The van der Waals surface area contributed by atoms with Crippen molar-refractivity contribution in [2.75, 3.05) is 19.0 Å². The van der Waals surface area contributed by atoms with Crippen LogP contribution in [0.1, 0.15) is 16.8 Å². The first-order valence-corrected chi connectivity index (χ1v) is 10.1. The van der Waals surface area contributed by atoms with Gasteiger partial charge in [-0.15, -0.1) is 0 Å². The Morgan fingerprint density at radius 3 is 2.46 bits per heavy atom. The second-order valence-corrected chi connectivity index (χ2v) is 8.31. The van der Waals surface area contributed by atoms with E-state index in [0.29, 0.717) is 6.54 Å². The van der Waals surface area contributed by atoms with Crippen molar-refractivity contribution in [2.45, 2.75) is 20.4 Å². The average Bonchev–Trinajstić information content (AvgIpc) is 2.97. The van der Waals surface area contributed by atoms with Gasteiger partial charge in [-0.3, -0.25) is 9.36 Å². The maximum Gasteiger partial charge on any atom is 0.309 e. The normalized spacial score (nSPS) is 11.1. The summed E-state index contributed by atoms with van der Waals surface area (Å²) in [5.74, 6) is 0. The van der Waals surface area contributed by atoms with Crippen LogP contribution in [-0.2, 0) is 6.54 Å². The highest BCUT2D eigenvalue weighted by molar-refractivity contribution is 7.17. The van der Waals surface area contributed by atoms with Gasteiger partial charge in [-0.2, -0.15) is 0 Å². The van der Waals surface area contributed by atoms with Crippen LogP contribution < -0.4 is 9.77 Å². The fraction of sp³-hybridized carbons (Fsp3) is 0.217. The van der Waals surface area contributed by atoms with Crippen LogP contribution in [-0.4, -0.2) is 23.6 Å². The highest BCUT2D eigenvalue weighted by Gasteiger charge is 2.15. The molecule has 2 heterocycles. The van der Waals surface area contributed by atoms with Gasteiger partial charge in [0, 0.05) is 31.0 Å². The number of benzene rings is 2. The Morgan fingerprint density at radius 2 is 1.79 bits per heavy atom. The van der Waals surface area contributed by atoms with Gasteiger partial charge in [-0.05, 0) is 43.2 Å². The van der Waals surface area contributed by atoms with Crippen LogP contribution in [0, 0.1) is 13.8 Å². The first-order chi connectivity index (χ1) is 13.4. The molecule has 4 nitrogen and oxygen atoms in total. The third-order valence-corrected chi connectivity index (χ3v) is 5.87. The Kier molecular flexibility index (Phi) is 4.77. The van der Waals surface area contributed by atoms with E-state index in [1.807, 2.05) is 27.1 Å². The molecule has 5 heteroatoms. The highest BCUT2D eigenvalue weighted by Crippen LogP contribution is 2.32. The molecule has 0 bridgehead atoms. The first-order valence-electron chi connectivity index (χ1n) is 9.26. The van der Waals surface area contributed by atoms with Crippen molar-refractivity contribution >= 4 is 27.4 Å². The van der Waals surface area contributed by atoms with Crippen molar-refractivity contribution < 1.29 is 0 Å². The van der Waals surface area contributed by atoms with E-state index >= 15 is 0 Å². The van der Waals surface area contributed by atoms with Gasteiger partial charge in [0.2, 0.25) is 0 Å². The minimum atomic E-state index is 0.0285. The largest absolute Gasteiger partial charge is 0.378 e. The zero-order chi connectivity index (χ0) is 19.8. The standard InChI is InChI=1S/C23H23N3OS/c1-15-6-5-7-17(12-15)14-26-22-21(28-23(26)27)20(13-16(2)24-22)18-8-10-19(11-9-18)25(3)4/h5-13H,14H2,1-4H3. The highest BCUT2D eigenvalue weighted by atomic mass is 32.1. The molecule has 0 aliphatic rings. The molecule has 142 valence electrons. The smallest absolute Gasteiger partial charge is 0.309 e. The van der Waals surface area contributed by atoms with E-state index in [1.165, 1.54) is 16.9 Å². The van der Waals surface area contributed by atoms with Gasteiger partial charge in [0.15, 0.2) is 5.65 Å². The molecule has 2 aromatic carbocycles. The van der Waals surface area contributed by atoms with Crippen molar-refractivity contribution in [1.29, 1.82) is 0 Å². The van der Waals surface area contributed by atoms with Gasteiger partial charge in [0.25, 0.3) is 0 Å². The molecule has 0 aliphatic heterocycles. The molecule has 0 N–H and O–H groups in total. The number of hydrogen-bond acceptors (Lipinski definition) is 4. The van der Waals surface area contributed by atoms with Crippen LogP contribution in [0.3, 0.4) is 0 Å². The summed E-state index contributed by atoms with van der Waals surface area (Å²) < 4.78 is 2.74. The van der Waals surface area contributed by atoms with Crippen LogP contribution in [0.2, 0.25) is 0 Å². The van der Waals surface area contributed by atoms with E-state index in [2.05, 4.69) is 60.4 Å². The molecule has 0 amide bonds. The number of anilines is 1. The molecule has 0 spiro atoms. The van der Waals surface area contributed by atoms with Crippen LogP contribution >= 0.6 is 11.3 Å². The monoisotopic (exact) mass is 389 g/mol. The average molecular weight is 390 g/mol. The summed E-state index contributed by atoms with van der Waals surface area (Å²) in [4.78, 5) is 19.6. The fourth-order valence-corrected chi connectivity index (χ4v) is 4.41. The number of pyridine rings is 1. The van der Waals surface area contributed by atoms with Crippen molar-refractivity contribution in [3.8, 4) is 11.1 Å². The fourth-order valence-electron chi connectivity index (χ4n) is 3.44. The molecule has 0 unspecified atom stereocenters. The van der Waals surface area contributed by atoms with Crippen molar-refractivity contribution in [3.05, 3.63) is 81.1 Å². The maximum atomic E-state index is 12.8. The molecule has 2 aromatic heterocycles. The Bertz CT molecular complexity index is 1200. The molecular formula is C23H23N3OS. The van der Waals surface area contributed by atoms with Crippen LogP contribution in [0.15, 0.2) is 59.4 Å². The summed E-state index contributed by atoms with van der Waals surface area (Å²) >= 11 is 1.28. The van der Waals surface area contributed by atoms with Gasteiger partial charge >= 0.3 is 4.87 Å². The molecule has 4 rings (SSSR count). The summed E-state index contributed by atoms with van der Waals surface area (Å²) in [6.45, 7) is 4.59. The van der Waals surface area contributed by atoms with E-state index in [-0.39, 0.29) is 4.87 Å². The zero-order valence-corrected chi connectivity index (χ0v) is 17.4. The van der Waals surface area contributed by atoms with E-state index < -0.39 is 0 Å². The molecule has 0 atom stereocenters. The lowest BCUT2D eigenvalue weighted by Gasteiger charge is -2.13. The van der Waals surface area contributed by atoms with Gasteiger partial charge < -0.3 is 4.90 Å². The van der Waals surface area contributed by atoms with E-state index in [0.717, 1.165) is 38.4 Å². The van der Waals surface area contributed by atoms with Crippen LogP contribution in [0.25, 0.3) is 21.5 Å². The van der Waals surface area contributed by atoms with Crippen molar-refractivity contribution in [1.82, 2.24) is 9.55 Å². The second-order valence-electron chi connectivity index (χ2n) is 7.35. The predicted molar refractivity (Wildman–Crippen MR) is 119 cm³/mol. The quantitative estimate of drug-likeness (QED) is 0.500. The summed E-state index contributed by atoms with van der Waals surface area (Å²) in [7, 11) is 4.06. The summed E-state index contributed by atoms with van der Waals surface area (Å²) in [5, 5.41) is 0. The molecule has 0 radical (unpaired) electrons. The van der Waals surface area contributed by atoms with Crippen molar-refractivity contribution in [2.24, 2.45) is 0 Å². The van der Waals surface area contributed by atoms with Crippen LogP contribution in [0.4, 0.5) is 5.69 Å². The van der Waals surface area contributed by atoms with Gasteiger partial charge in [-0.25, -0.2) is 4.98 Å². The molecule has 28 heavy (non-hydrogen) atoms. The lowest BCUT2D eigenvalue weighted by Crippen LogP contribution is -2.14. The number of thiazole rings is 1. The van der Waals surface area contributed by atoms with E-state index in [4.69, 9.17) is 4.98 Å². The number of aromatic nitrogens is 2. The molecule has 0 fully saturated rings. The first kappa shape index (κ1) is 18.4. The lowest BCUT2D eigenvalue weighted by atomic mass is 10.1. The maximum absolute atomic E-state index is 12.8. The second kappa shape index (κ2) is 7.24. The minimum absolute atomic E-state index is 0.0285. The lowest BCUT2D eigenvalue weighted by molar-refractivity contribution is 0.802. The summed E-state index contributed by atoms with van der Waals surface area (Å²) in [5.41, 5.74) is 7.30. The molecule has 0 saturated heterocycles. The van der Waals surface area contributed by atoms with Gasteiger partial charge in [0.05, 0.1) is 11.2 Å². The van der Waals surface area contributed by atoms with Crippen LogP contribution in [0.5, 0.6) is 0 Å². The summed E-state index contributed by atoms with van der Waals surface area (Å²) in [6.07, 6.45) is 0. The molecule has 0 aliphatic carbocycles. The third-order valence-electron chi connectivity index (χ3n) is 4.87. The number of rotatable bonds is 4.